The molecule has 0 saturated heterocycles. The number of nitrogens with zero attached hydrogens (tertiary/aromatic N) is 5. The summed E-state index contributed by atoms with van der Waals surface area (Å²) in [5, 5.41) is 11.2. The molecule has 0 fully saturated rings. The first-order valence-electron chi connectivity index (χ1n) is 6.18. The Labute approximate surface area is 111 Å². The van der Waals surface area contributed by atoms with Crippen molar-refractivity contribution in [1.29, 1.82) is 0 Å². The van der Waals surface area contributed by atoms with Gasteiger partial charge in [0.25, 0.3) is 0 Å². The molecular formula is C12H18N6O. The van der Waals surface area contributed by atoms with E-state index in [0.29, 0.717) is 6.54 Å². The number of rotatable bonds is 5. The van der Waals surface area contributed by atoms with Crippen LogP contribution in [0.5, 0.6) is 0 Å². The lowest BCUT2D eigenvalue weighted by Gasteiger charge is -2.15. The van der Waals surface area contributed by atoms with Crippen LogP contribution in [0.3, 0.4) is 0 Å². The summed E-state index contributed by atoms with van der Waals surface area (Å²) in [4.78, 5) is 15.5. The second kappa shape index (κ2) is 5.64. The van der Waals surface area contributed by atoms with E-state index in [2.05, 4.69) is 20.5 Å². The standard InChI is InChI=1S/C12H18N6O/c1-9-4-10(2)18(16-9)11(3)5-14-12(19)6-17-8-13-7-15-17/h4,7-8,11H,5-6H2,1-3H3,(H,14,19). The minimum Gasteiger partial charge on any atom is -0.352 e. The molecule has 7 heteroatoms. The minimum atomic E-state index is -0.0844. The first-order valence-corrected chi connectivity index (χ1v) is 6.18. The van der Waals surface area contributed by atoms with Crippen LogP contribution in [0.4, 0.5) is 0 Å². The van der Waals surface area contributed by atoms with E-state index in [1.54, 1.807) is 0 Å². The van der Waals surface area contributed by atoms with Gasteiger partial charge in [-0.3, -0.25) is 9.48 Å². The number of carbonyl (C=O) groups excluding carboxylic acids is 1. The first kappa shape index (κ1) is 13.3. The van der Waals surface area contributed by atoms with Gasteiger partial charge in [-0.15, -0.1) is 0 Å². The summed E-state index contributed by atoms with van der Waals surface area (Å²) >= 11 is 0. The number of amides is 1. The Morgan fingerprint density at radius 2 is 2.26 bits per heavy atom. The van der Waals surface area contributed by atoms with E-state index < -0.39 is 0 Å². The maximum atomic E-state index is 11.7. The summed E-state index contributed by atoms with van der Waals surface area (Å²) in [7, 11) is 0. The van der Waals surface area contributed by atoms with Crippen molar-refractivity contribution in [3.63, 3.8) is 0 Å². The SMILES string of the molecule is Cc1cc(C)n(C(C)CNC(=O)Cn2cncn2)n1. The van der Waals surface area contributed by atoms with Crippen LogP contribution < -0.4 is 5.32 Å². The summed E-state index contributed by atoms with van der Waals surface area (Å²) in [6, 6.07) is 2.14. The highest BCUT2D eigenvalue weighted by atomic mass is 16.2. The number of carbonyl (C=O) groups is 1. The number of nitrogens with one attached hydrogen (secondary N) is 1. The Hall–Kier alpha value is -2.18. The summed E-state index contributed by atoms with van der Waals surface area (Å²) in [5.41, 5.74) is 2.08. The van der Waals surface area contributed by atoms with Crippen LogP contribution in [0.25, 0.3) is 0 Å². The molecule has 2 heterocycles. The van der Waals surface area contributed by atoms with E-state index in [1.165, 1.54) is 17.3 Å². The van der Waals surface area contributed by atoms with Gasteiger partial charge in [0, 0.05) is 12.2 Å². The fraction of sp³-hybridized carbons (Fsp3) is 0.500. The second-order valence-corrected chi connectivity index (χ2v) is 4.62. The van der Waals surface area contributed by atoms with Gasteiger partial charge in [-0.2, -0.15) is 10.2 Å². The third kappa shape index (κ3) is 3.40. The number of aromatic nitrogens is 5. The molecule has 0 radical (unpaired) electrons. The van der Waals surface area contributed by atoms with E-state index in [0.717, 1.165) is 11.4 Å². The van der Waals surface area contributed by atoms with Gasteiger partial charge in [0.2, 0.25) is 5.91 Å². The molecule has 7 nitrogen and oxygen atoms in total. The van der Waals surface area contributed by atoms with Crippen LogP contribution >= 0.6 is 0 Å². The summed E-state index contributed by atoms with van der Waals surface area (Å²) in [5.74, 6) is -0.0844. The molecule has 19 heavy (non-hydrogen) atoms. The Kier molecular flexibility index (Phi) is 3.94. The van der Waals surface area contributed by atoms with Crippen LogP contribution in [0.2, 0.25) is 0 Å². The zero-order chi connectivity index (χ0) is 13.8. The van der Waals surface area contributed by atoms with E-state index in [4.69, 9.17) is 0 Å². The van der Waals surface area contributed by atoms with Gasteiger partial charge in [-0.1, -0.05) is 0 Å². The number of hydrogen-bond donors (Lipinski definition) is 1. The van der Waals surface area contributed by atoms with E-state index in [1.807, 2.05) is 31.5 Å². The van der Waals surface area contributed by atoms with Crippen LogP contribution in [-0.4, -0.2) is 37.0 Å². The lowest BCUT2D eigenvalue weighted by molar-refractivity contribution is -0.122. The molecule has 1 atom stereocenters. The number of hydrogen-bond acceptors (Lipinski definition) is 4. The van der Waals surface area contributed by atoms with Crippen molar-refractivity contribution < 1.29 is 4.79 Å². The summed E-state index contributed by atoms with van der Waals surface area (Å²) in [6.07, 6.45) is 2.93. The zero-order valence-corrected chi connectivity index (χ0v) is 11.4. The molecule has 2 aromatic heterocycles. The van der Waals surface area contributed by atoms with Crippen molar-refractivity contribution in [3.8, 4) is 0 Å². The van der Waals surface area contributed by atoms with E-state index in [-0.39, 0.29) is 18.5 Å². The topological polar surface area (TPSA) is 77.6 Å². The predicted molar refractivity (Wildman–Crippen MR) is 69.4 cm³/mol. The molecule has 2 rings (SSSR count). The Bertz CT molecular complexity index is 545. The van der Waals surface area contributed by atoms with Crippen molar-refractivity contribution in [2.24, 2.45) is 0 Å². The molecule has 0 saturated carbocycles. The number of aryl methyl sites for hydroxylation is 2. The average molecular weight is 262 g/mol. The molecule has 1 N–H and O–H groups in total. The van der Waals surface area contributed by atoms with Crippen LogP contribution in [0.1, 0.15) is 24.4 Å². The van der Waals surface area contributed by atoms with Gasteiger partial charge in [-0.05, 0) is 26.8 Å². The van der Waals surface area contributed by atoms with Crippen molar-refractivity contribution in [1.82, 2.24) is 29.9 Å². The minimum absolute atomic E-state index is 0.0844. The smallest absolute Gasteiger partial charge is 0.241 e. The Morgan fingerprint density at radius 3 is 2.84 bits per heavy atom. The van der Waals surface area contributed by atoms with Crippen LogP contribution in [-0.2, 0) is 11.3 Å². The fourth-order valence-corrected chi connectivity index (χ4v) is 1.96. The molecule has 2 aromatic rings. The van der Waals surface area contributed by atoms with Gasteiger partial charge in [-0.25, -0.2) is 9.67 Å². The molecule has 0 aliphatic rings. The average Bonchev–Trinajstić information content (AvgIpc) is 2.96. The van der Waals surface area contributed by atoms with Crippen molar-refractivity contribution >= 4 is 5.91 Å². The molecule has 1 unspecified atom stereocenters. The highest BCUT2D eigenvalue weighted by molar-refractivity contribution is 5.75. The van der Waals surface area contributed by atoms with Crippen LogP contribution in [0.15, 0.2) is 18.7 Å². The largest absolute Gasteiger partial charge is 0.352 e. The Morgan fingerprint density at radius 1 is 1.47 bits per heavy atom. The quantitative estimate of drug-likeness (QED) is 0.849. The molecule has 0 bridgehead atoms. The van der Waals surface area contributed by atoms with Gasteiger partial charge in [0.1, 0.15) is 19.2 Å². The first-order chi connectivity index (χ1) is 9.06. The molecular weight excluding hydrogens is 244 g/mol. The fourth-order valence-electron chi connectivity index (χ4n) is 1.96. The van der Waals surface area contributed by atoms with E-state index in [9.17, 15) is 4.79 Å². The third-order valence-corrected chi connectivity index (χ3v) is 2.83. The lowest BCUT2D eigenvalue weighted by Crippen LogP contribution is -2.33. The highest BCUT2D eigenvalue weighted by Gasteiger charge is 2.11. The molecule has 0 aliphatic heterocycles. The molecule has 0 aliphatic carbocycles. The van der Waals surface area contributed by atoms with Gasteiger partial charge in [0.05, 0.1) is 11.7 Å². The Balaban J connectivity index is 1.85. The summed E-state index contributed by atoms with van der Waals surface area (Å²) < 4.78 is 3.41. The van der Waals surface area contributed by atoms with E-state index >= 15 is 0 Å². The third-order valence-electron chi connectivity index (χ3n) is 2.83. The van der Waals surface area contributed by atoms with Gasteiger partial charge in [0.15, 0.2) is 0 Å². The highest BCUT2D eigenvalue weighted by Crippen LogP contribution is 2.09. The summed E-state index contributed by atoms with van der Waals surface area (Å²) in [6.45, 7) is 6.71. The predicted octanol–water partition coefficient (Wildman–Crippen LogP) is 0.469. The van der Waals surface area contributed by atoms with Crippen molar-refractivity contribution in [3.05, 3.63) is 30.1 Å². The maximum Gasteiger partial charge on any atom is 0.241 e. The van der Waals surface area contributed by atoms with Gasteiger partial charge >= 0.3 is 0 Å². The second-order valence-electron chi connectivity index (χ2n) is 4.62. The molecule has 102 valence electrons. The zero-order valence-electron chi connectivity index (χ0n) is 11.4. The monoisotopic (exact) mass is 262 g/mol. The van der Waals surface area contributed by atoms with Crippen molar-refractivity contribution in [2.75, 3.05) is 6.54 Å². The van der Waals surface area contributed by atoms with Crippen LogP contribution in [0, 0.1) is 13.8 Å². The van der Waals surface area contributed by atoms with Crippen molar-refractivity contribution in [2.45, 2.75) is 33.4 Å². The van der Waals surface area contributed by atoms with Gasteiger partial charge < -0.3 is 5.32 Å². The normalized spacial score (nSPS) is 12.4. The lowest BCUT2D eigenvalue weighted by atomic mass is 10.3. The molecule has 0 aromatic carbocycles. The maximum absolute atomic E-state index is 11.7. The molecule has 0 spiro atoms. The molecule has 1 amide bonds.